The van der Waals surface area contributed by atoms with Gasteiger partial charge in [0.1, 0.15) is 5.75 Å². The van der Waals surface area contributed by atoms with Crippen LogP contribution in [0.1, 0.15) is 11.5 Å². The predicted octanol–water partition coefficient (Wildman–Crippen LogP) is 1.94. The molecule has 0 atom stereocenters. The summed E-state index contributed by atoms with van der Waals surface area (Å²) in [6.07, 6.45) is 0.464. The fourth-order valence-corrected chi connectivity index (χ4v) is 2.33. The van der Waals surface area contributed by atoms with Gasteiger partial charge in [0, 0.05) is 0 Å². The topological polar surface area (TPSA) is 83.7 Å². The lowest BCUT2D eigenvalue weighted by Gasteiger charge is -2.08. The molecular weight excluding hydrogens is 308 g/mol. The van der Waals surface area contributed by atoms with Gasteiger partial charge >= 0.3 is 5.97 Å². The van der Waals surface area contributed by atoms with Crippen molar-refractivity contribution in [2.24, 2.45) is 0 Å². The Balaban J connectivity index is 2.02. The van der Waals surface area contributed by atoms with Gasteiger partial charge in [0.15, 0.2) is 11.5 Å². The molecule has 0 radical (unpaired) electrons. The summed E-state index contributed by atoms with van der Waals surface area (Å²) in [5.74, 6) is 1.55. The average Bonchev–Trinajstić information content (AvgIpc) is 2.99. The third-order valence-electron chi connectivity index (χ3n) is 2.79. The Morgan fingerprint density at radius 1 is 1.18 bits per heavy atom. The van der Waals surface area contributed by atoms with E-state index in [1.54, 1.807) is 14.2 Å². The van der Waals surface area contributed by atoms with Crippen LogP contribution in [0.15, 0.2) is 27.8 Å². The summed E-state index contributed by atoms with van der Waals surface area (Å²) in [5, 5.41) is 8.16. The maximum atomic E-state index is 11.1. The second-order valence-corrected chi connectivity index (χ2v) is 5.12. The van der Waals surface area contributed by atoms with Crippen LogP contribution in [0, 0.1) is 0 Å². The Morgan fingerprint density at radius 2 is 1.95 bits per heavy atom. The van der Waals surface area contributed by atoms with Crippen molar-refractivity contribution in [2.75, 3.05) is 27.1 Å². The maximum Gasteiger partial charge on any atom is 0.316 e. The van der Waals surface area contributed by atoms with E-state index in [4.69, 9.17) is 13.9 Å². The van der Waals surface area contributed by atoms with Crippen molar-refractivity contribution in [1.29, 1.82) is 0 Å². The van der Waals surface area contributed by atoms with Gasteiger partial charge in [-0.2, -0.15) is 0 Å². The van der Waals surface area contributed by atoms with Gasteiger partial charge in [-0.3, -0.25) is 4.79 Å². The molecule has 0 spiro atoms. The molecule has 22 heavy (non-hydrogen) atoms. The molecule has 0 aliphatic heterocycles. The lowest BCUT2D eigenvalue weighted by molar-refractivity contribution is -0.137. The van der Waals surface area contributed by atoms with E-state index in [1.807, 2.05) is 18.2 Å². The molecule has 2 aromatic rings. The molecule has 0 aliphatic carbocycles. The van der Waals surface area contributed by atoms with E-state index < -0.39 is 0 Å². The average molecular weight is 324 g/mol. The Kier molecular flexibility index (Phi) is 5.65. The summed E-state index contributed by atoms with van der Waals surface area (Å²) in [7, 11) is 4.50. The van der Waals surface area contributed by atoms with Gasteiger partial charge in [-0.25, -0.2) is 0 Å². The van der Waals surface area contributed by atoms with Crippen LogP contribution >= 0.6 is 11.8 Å². The van der Waals surface area contributed by atoms with Crippen molar-refractivity contribution in [2.45, 2.75) is 11.6 Å². The smallest absolute Gasteiger partial charge is 0.316 e. The fraction of sp³-hybridized carbons (Fsp3) is 0.357. The number of rotatable bonds is 7. The van der Waals surface area contributed by atoms with Gasteiger partial charge in [0.2, 0.25) is 5.89 Å². The minimum Gasteiger partial charge on any atom is -0.493 e. The van der Waals surface area contributed by atoms with E-state index in [0.717, 1.165) is 17.3 Å². The highest BCUT2D eigenvalue weighted by molar-refractivity contribution is 7.99. The molecule has 0 saturated heterocycles. The molecular formula is C14H16N2O5S. The van der Waals surface area contributed by atoms with Crippen molar-refractivity contribution in [3.05, 3.63) is 29.7 Å². The van der Waals surface area contributed by atoms with E-state index in [9.17, 15) is 4.79 Å². The third kappa shape index (κ3) is 4.14. The molecule has 7 nitrogen and oxygen atoms in total. The molecule has 1 heterocycles. The molecule has 0 fully saturated rings. The van der Waals surface area contributed by atoms with Gasteiger partial charge in [-0.15, -0.1) is 10.2 Å². The number of benzene rings is 1. The second kappa shape index (κ2) is 7.69. The zero-order valence-electron chi connectivity index (χ0n) is 12.5. The molecule has 0 amide bonds. The molecule has 1 aromatic heterocycles. The summed E-state index contributed by atoms with van der Waals surface area (Å²) < 4.78 is 20.5. The van der Waals surface area contributed by atoms with E-state index in [2.05, 4.69) is 14.9 Å². The standard InChI is InChI=1S/C14H16N2O5S/c1-18-10-5-4-9(6-11(10)19-2)7-12-15-16-14(21-12)22-8-13(17)20-3/h4-6H,7-8H2,1-3H3. The Labute approximate surface area is 132 Å². The van der Waals surface area contributed by atoms with Gasteiger partial charge in [0.05, 0.1) is 27.8 Å². The van der Waals surface area contributed by atoms with Crippen LogP contribution in [-0.2, 0) is 16.0 Å². The summed E-state index contributed by atoms with van der Waals surface area (Å²) in [6, 6.07) is 5.56. The van der Waals surface area contributed by atoms with Gasteiger partial charge in [-0.05, 0) is 17.7 Å². The summed E-state index contributed by atoms with van der Waals surface area (Å²) in [4.78, 5) is 11.1. The molecule has 0 N–H and O–H groups in total. The number of carbonyl (C=O) groups excluding carboxylic acids is 1. The van der Waals surface area contributed by atoms with Crippen molar-refractivity contribution < 1.29 is 23.4 Å². The normalized spacial score (nSPS) is 10.3. The SMILES string of the molecule is COC(=O)CSc1nnc(Cc2ccc(OC)c(OC)c2)o1. The zero-order chi connectivity index (χ0) is 15.9. The summed E-state index contributed by atoms with van der Waals surface area (Å²) >= 11 is 1.14. The molecule has 0 unspecified atom stereocenters. The van der Waals surface area contributed by atoms with Crippen molar-refractivity contribution >= 4 is 17.7 Å². The lowest BCUT2D eigenvalue weighted by Crippen LogP contribution is -2.02. The summed E-state index contributed by atoms with van der Waals surface area (Å²) in [6.45, 7) is 0. The van der Waals surface area contributed by atoms with E-state index in [0.29, 0.717) is 29.0 Å². The zero-order valence-corrected chi connectivity index (χ0v) is 13.3. The van der Waals surface area contributed by atoms with Crippen molar-refractivity contribution in [1.82, 2.24) is 10.2 Å². The molecule has 8 heteroatoms. The first-order valence-corrected chi connectivity index (χ1v) is 7.37. The molecule has 0 aliphatic rings. The van der Waals surface area contributed by atoms with Crippen LogP contribution in [-0.4, -0.2) is 43.2 Å². The van der Waals surface area contributed by atoms with E-state index in [-0.39, 0.29) is 11.7 Å². The Hall–Kier alpha value is -2.22. The quantitative estimate of drug-likeness (QED) is 0.564. The number of hydrogen-bond acceptors (Lipinski definition) is 8. The molecule has 0 bridgehead atoms. The fourth-order valence-electron chi connectivity index (χ4n) is 1.71. The van der Waals surface area contributed by atoms with Crippen LogP contribution in [0.2, 0.25) is 0 Å². The number of carbonyl (C=O) groups is 1. The van der Waals surface area contributed by atoms with Crippen LogP contribution in [0.5, 0.6) is 11.5 Å². The number of ether oxygens (including phenoxy) is 3. The van der Waals surface area contributed by atoms with E-state index in [1.165, 1.54) is 7.11 Å². The minimum absolute atomic E-state index is 0.133. The molecule has 2 rings (SSSR count). The first-order valence-electron chi connectivity index (χ1n) is 6.39. The first-order chi connectivity index (χ1) is 10.7. The third-order valence-corrected chi connectivity index (χ3v) is 3.58. The summed E-state index contributed by atoms with van der Waals surface area (Å²) in [5.41, 5.74) is 0.950. The highest BCUT2D eigenvalue weighted by Crippen LogP contribution is 2.28. The van der Waals surface area contributed by atoms with Crippen LogP contribution in [0.4, 0.5) is 0 Å². The number of esters is 1. The van der Waals surface area contributed by atoms with Crippen LogP contribution in [0.3, 0.4) is 0 Å². The molecule has 118 valence electrons. The molecule has 0 saturated carbocycles. The van der Waals surface area contributed by atoms with E-state index >= 15 is 0 Å². The number of aromatic nitrogens is 2. The van der Waals surface area contributed by atoms with Crippen molar-refractivity contribution in [3.63, 3.8) is 0 Å². The van der Waals surface area contributed by atoms with Gasteiger partial charge < -0.3 is 18.6 Å². The number of nitrogens with zero attached hydrogens (tertiary/aromatic N) is 2. The number of thioether (sulfide) groups is 1. The maximum absolute atomic E-state index is 11.1. The second-order valence-electron chi connectivity index (χ2n) is 4.19. The highest BCUT2D eigenvalue weighted by Gasteiger charge is 2.11. The molecule has 1 aromatic carbocycles. The lowest BCUT2D eigenvalue weighted by atomic mass is 10.1. The van der Waals surface area contributed by atoms with Crippen molar-refractivity contribution in [3.8, 4) is 11.5 Å². The number of hydrogen-bond donors (Lipinski definition) is 0. The largest absolute Gasteiger partial charge is 0.493 e. The first kappa shape index (κ1) is 16.2. The number of methoxy groups -OCH3 is 3. The Bertz CT molecular complexity index is 644. The predicted molar refractivity (Wildman–Crippen MR) is 79.4 cm³/mol. The Morgan fingerprint density at radius 3 is 2.64 bits per heavy atom. The monoisotopic (exact) mass is 324 g/mol. The highest BCUT2D eigenvalue weighted by atomic mass is 32.2. The minimum atomic E-state index is -0.343. The van der Waals surface area contributed by atoms with Crippen LogP contribution < -0.4 is 9.47 Å². The van der Waals surface area contributed by atoms with Gasteiger partial charge in [-0.1, -0.05) is 17.8 Å². The van der Waals surface area contributed by atoms with Gasteiger partial charge in [0.25, 0.3) is 5.22 Å². The van der Waals surface area contributed by atoms with Crippen LogP contribution in [0.25, 0.3) is 0 Å².